The van der Waals surface area contributed by atoms with E-state index in [2.05, 4.69) is 6.92 Å². The molecule has 1 saturated heterocycles. The summed E-state index contributed by atoms with van der Waals surface area (Å²) in [6, 6.07) is 0. The van der Waals surface area contributed by atoms with Gasteiger partial charge in [-0.05, 0) is 24.5 Å². The number of halogens is 1. The highest BCUT2D eigenvalue weighted by molar-refractivity contribution is 7.99. The predicted octanol–water partition coefficient (Wildman–Crippen LogP) is 2.77. The summed E-state index contributed by atoms with van der Waals surface area (Å²) >= 11 is 7.72. The summed E-state index contributed by atoms with van der Waals surface area (Å²) in [6.45, 7) is 4.11. The maximum atomic E-state index is 5.72. The molecule has 12 heavy (non-hydrogen) atoms. The molecule has 0 aromatic rings. The first kappa shape index (κ1) is 10.7. The Bertz CT molecular complexity index is 115. The van der Waals surface area contributed by atoms with E-state index in [0.29, 0.717) is 5.25 Å². The number of rotatable bonds is 4. The van der Waals surface area contributed by atoms with Gasteiger partial charge in [-0.3, -0.25) is 0 Å². The average Bonchev–Trinajstić information content (AvgIpc) is 2.16. The molecule has 0 spiro atoms. The van der Waals surface area contributed by atoms with E-state index >= 15 is 0 Å². The number of alkyl halides is 1. The maximum Gasteiger partial charge on any atom is 0.0468 e. The molecule has 1 fully saturated rings. The van der Waals surface area contributed by atoms with Crippen molar-refractivity contribution in [3.63, 3.8) is 0 Å². The fraction of sp³-hybridized carbons (Fsp3) is 1.00. The van der Waals surface area contributed by atoms with Crippen LogP contribution in [0.2, 0.25) is 0 Å². The summed E-state index contributed by atoms with van der Waals surface area (Å²) in [4.78, 5) is 0. The van der Waals surface area contributed by atoms with Gasteiger partial charge < -0.3 is 4.74 Å². The van der Waals surface area contributed by atoms with Crippen LogP contribution in [0.15, 0.2) is 0 Å². The first-order valence-corrected chi connectivity index (χ1v) is 6.16. The Balaban J connectivity index is 2.05. The van der Waals surface area contributed by atoms with Crippen molar-refractivity contribution in [1.29, 1.82) is 0 Å². The van der Waals surface area contributed by atoms with Crippen LogP contribution in [0.5, 0.6) is 0 Å². The first-order chi connectivity index (χ1) is 5.83. The van der Waals surface area contributed by atoms with Crippen LogP contribution in [0.4, 0.5) is 0 Å². The summed E-state index contributed by atoms with van der Waals surface area (Å²) in [5, 5.41) is 0.606. The second-order valence-corrected chi connectivity index (χ2v) is 5.13. The zero-order valence-electron chi connectivity index (χ0n) is 7.59. The molecule has 1 unspecified atom stereocenters. The normalized spacial score (nSPS) is 22.5. The second kappa shape index (κ2) is 6.11. The van der Waals surface area contributed by atoms with Crippen LogP contribution in [0, 0.1) is 5.92 Å². The van der Waals surface area contributed by atoms with E-state index in [9.17, 15) is 0 Å². The van der Waals surface area contributed by atoms with E-state index in [1.807, 2.05) is 11.8 Å². The molecule has 0 aliphatic carbocycles. The van der Waals surface area contributed by atoms with Crippen LogP contribution >= 0.6 is 23.4 Å². The van der Waals surface area contributed by atoms with Crippen molar-refractivity contribution in [2.75, 3.05) is 24.8 Å². The third-order valence-electron chi connectivity index (χ3n) is 2.17. The molecule has 0 bridgehead atoms. The third kappa shape index (κ3) is 4.01. The second-order valence-electron chi connectivity index (χ2n) is 3.35. The quantitative estimate of drug-likeness (QED) is 0.658. The Labute approximate surface area is 84.2 Å². The highest BCUT2D eigenvalue weighted by Crippen LogP contribution is 2.22. The van der Waals surface area contributed by atoms with E-state index in [1.165, 1.54) is 18.6 Å². The zero-order chi connectivity index (χ0) is 8.81. The molecular weight excluding hydrogens is 192 g/mol. The molecule has 1 heterocycles. The van der Waals surface area contributed by atoms with Crippen LogP contribution in [0.1, 0.15) is 19.8 Å². The van der Waals surface area contributed by atoms with Crippen LogP contribution in [0.3, 0.4) is 0 Å². The minimum atomic E-state index is 0.606. The van der Waals surface area contributed by atoms with E-state index < -0.39 is 0 Å². The van der Waals surface area contributed by atoms with Crippen molar-refractivity contribution in [3.8, 4) is 0 Å². The lowest BCUT2D eigenvalue weighted by molar-refractivity contribution is 0.0728. The molecule has 0 aromatic carbocycles. The highest BCUT2D eigenvalue weighted by Gasteiger charge is 2.14. The van der Waals surface area contributed by atoms with Crippen LogP contribution in [-0.4, -0.2) is 30.1 Å². The van der Waals surface area contributed by atoms with E-state index in [-0.39, 0.29) is 0 Å². The minimum Gasteiger partial charge on any atom is -0.381 e. The van der Waals surface area contributed by atoms with Gasteiger partial charge in [0, 0.05) is 24.3 Å². The van der Waals surface area contributed by atoms with Gasteiger partial charge in [0.25, 0.3) is 0 Å². The Morgan fingerprint density at radius 2 is 2.17 bits per heavy atom. The predicted molar refractivity (Wildman–Crippen MR) is 56.2 cm³/mol. The largest absolute Gasteiger partial charge is 0.381 e. The molecule has 72 valence electrons. The van der Waals surface area contributed by atoms with Gasteiger partial charge in [0.15, 0.2) is 0 Å². The molecule has 0 radical (unpaired) electrons. The molecule has 3 heteroatoms. The molecule has 0 saturated carbocycles. The van der Waals surface area contributed by atoms with Crippen molar-refractivity contribution in [2.24, 2.45) is 5.92 Å². The summed E-state index contributed by atoms with van der Waals surface area (Å²) in [7, 11) is 0. The van der Waals surface area contributed by atoms with E-state index in [4.69, 9.17) is 16.3 Å². The van der Waals surface area contributed by atoms with Crippen molar-refractivity contribution >= 4 is 23.4 Å². The standard InChI is InChI=1S/C9H17ClOS/c1-8(6-10)12-7-9-2-4-11-5-3-9/h8-9H,2-7H2,1H3. The number of ether oxygens (including phenoxy) is 1. The molecule has 0 N–H and O–H groups in total. The monoisotopic (exact) mass is 208 g/mol. The minimum absolute atomic E-state index is 0.606. The SMILES string of the molecule is CC(CCl)SCC1CCOCC1. The van der Waals surface area contributed by atoms with Crippen LogP contribution < -0.4 is 0 Å². The molecule has 1 nitrogen and oxygen atoms in total. The van der Waals surface area contributed by atoms with E-state index in [1.54, 1.807) is 0 Å². The average molecular weight is 209 g/mol. The summed E-state index contributed by atoms with van der Waals surface area (Å²) in [6.07, 6.45) is 2.48. The highest BCUT2D eigenvalue weighted by atomic mass is 35.5. The zero-order valence-corrected chi connectivity index (χ0v) is 9.16. The molecule has 1 aliphatic rings. The molecule has 1 aliphatic heterocycles. The number of hydrogen-bond acceptors (Lipinski definition) is 2. The summed E-state index contributed by atoms with van der Waals surface area (Å²) < 4.78 is 5.30. The van der Waals surface area contributed by atoms with Gasteiger partial charge in [-0.1, -0.05) is 6.92 Å². The summed E-state index contributed by atoms with van der Waals surface area (Å²) in [5.74, 6) is 2.90. The fourth-order valence-corrected chi connectivity index (χ4v) is 2.55. The Hall–Kier alpha value is 0.600. The molecule has 0 aromatic heterocycles. The van der Waals surface area contributed by atoms with Gasteiger partial charge in [0.1, 0.15) is 0 Å². The number of thioether (sulfide) groups is 1. The van der Waals surface area contributed by atoms with E-state index in [0.717, 1.165) is 25.0 Å². The van der Waals surface area contributed by atoms with Gasteiger partial charge in [0.05, 0.1) is 0 Å². The Morgan fingerprint density at radius 1 is 1.50 bits per heavy atom. The van der Waals surface area contributed by atoms with Crippen molar-refractivity contribution in [3.05, 3.63) is 0 Å². The van der Waals surface area contributed by atoms with Crippen LogP contribution in [-0.2, 0) is 4.74 Å². The Kier molecular flexibility index (Phi) is 5.44. The van der Waals surface area contributed by atoms with Gasteiger partial charge in [-0.25, -0.2) is 0 Å². The van der Waals surface area contributed by atoms with Crippen molar-refractivity contribution in [2.45, 2.75) is 25.0 Å². The van der Waals surface area contributed by atoms with Gasteiger partial charge in [-0.2, -0.15) is 11.8 Å². The van der Waals surface area contributed by atoms with Crippen molar-refractivity contribution in [1.82, 2.24) is 0 Å². The molecule has 0 amide bonds. The summed E-state index contributed by atoms with van der Waals surface area (Å²) in [5.41, 5.74) is 0. The van der Waals surface area contributed by atoms with Crippen molar-refractivity contribution < 1.29 is 4.74 Å². The smallest absolute Gasteiger partial charge is 0.0468 e. The lowest BCUT2D eigenvalue weighted by Crippen LogP contribution is -2.18. The maximum absolute atomic E-state index is 5.72. The van der Waals surface area contributed by atoms with Gasteiger partial charge in [0.2, 0.25) is 0 Å². The Morgan fingerprint density at radius 3 is 2.75 bits per heavy atom. The number of hydrogen-bond donors (Lipinski definition) is 0. The molecule has 1 rings (SSSR count). The topological polar surface area (TPSA) is 9.23 Å². The lowest BCUT2D eigenvalue weighted by Gasteiger charge is -2.22. The third-order valence-corrected chi connectivity index (χ3v) is 4.22. The first-order valence-electron chi connectivity index (χ1n) is 4.58. The van der Waals surface area contributed by atoms with Gasteiger partial charge >= 0.3 is 0 Å². The molecule has 1 atom stereocenters. The van der Waals surface area contributed by atoms with Crippen LogP contribution in [0.25, 0.3) is 0 Å². The fourth-order valence-electron chi connectivity index (χ4n) is 1.26. The van der Waals surface area contributed by atoms with Gasteiger partial charge in [-0.15, -0.1) is 11.6 Å². The lowest BCUT2D eigenvalue weighted by atomic mass is 10.0. The molecular formula is C9H17ClOS.